The molecule has 1 unspecified atom stereocenters. The Labute approximate surface area is 220 Å². The number of halogens is 1. The normalized spacial score (nSPS) is 19.2. The molecule has 1 N–H and O–H groups in total. The fraction of sp³-hybridized carbons (Fsp3) is 0.444. The lowest BCUT2D eigenvalue weighted by Crippen LogP contribution is -2.44. The van der Waals surface area contributed by atoms with Gasteiger partial charge in [-0.15, -0.1) is 16.4 Å². The molecule has 0 bridgehead atoms. The third-order valence-corrected chi connectivity index (χ3v) is 8.50. The molecule has 1 aromatic carbocycles. The standard InChI is InChI=1S/C27H32FN7OS/c1-3-22-26(32(2)27-30-23(17-37-27)18-4-6-19(28)7-5-18)35-24(29-22)8-9-25(31-35)34-13-10-20(16-34)33-14-11-21(36)12-15-33/h4-9,17,20-21,36H,3,10-16H2,1-2H3. The summed E-state index contributed by atoms with van der Waals surface area (Å²) in [5, 5.41) is 17.7. The highest BCUT2D eigenvalue weighted by molar-refractivity contribution is 7.14. The summed E-state index contributed by atoms with van der Waals surface area (Å²) < 4.78 is 15.3. The summed E-state index contributed by atoms with van der Waals surface area (Å²) in [6, 6.07) is 11.0. The van der Waals surface area contributed by atoms with Gasteiger partial charge in [-0.1, -0.05) is 6.92 Å². The Kier molecular flexibility index (Phi) is 6.56. The van der Waals surface area contributed by atoms with E-state index >= 15 is 0 Å². The number of rotatable bonds is 6. The van der Waals surface area contributed by atoms with Gasteiger partial charge in [0.2, 0.25) is 0 Å². The molecule has 0 aliphatic carbocycles. The number of fused-ring (bicyclic) bond motifs is 1. The van der Waals surface area contributed by atoms with Gasteiger partial charge in [-0.05, 0) is 62.1 Å². The van der Waals surface area contributed by atoms with Crippen LogP contribution in [0.1, 0.15) is 31.9 Å². The van der Waals surface area contributed by atoms with Crippen LogP contribution >= 0.6 is 11.3 Å². The van der Waals surface area contributed by atoms with Gasteiger partial charge in [-0.2, -0.15) is 4.52 Å². The zero-order valence-electron chi connectivity index (χ0n) is 21.2. The molecule has 6 rings (SSSR count). The second-order valence-corrected chi connectivity index (χ2v) is 10.8. The van der Waals surface area contributed by atoms with E-state index in [0.717, 1.165) is 91.2 Å². The lowest BCUT2D eigenvalue weighted by Gasteiger charge is -2.34. The molecule has 10 heteroatoms. The summed E-state index contributed by atoms with van der Waals surface area (Å²) in [6.07, 6.45) is 3.47. The second kappa shape index (κ2) is 10.00. The molecule has 37 heavy (non-hydrogen) atoms. The van der Waals surface area contributed by atoms with Crippen LogP contribution in [0.15, 0.2) is 41.8 Å². The third kappa shape index (κ3) is 4.69. The Bertz CT molecular complexity index is 1380. The van der Waals surface area contributed by atoms with Gasteiger partial charge in [0.25, 0.3) is 0 Å². The maximum absolute atomic E-state index is 13.4. The number of likely N-dealkylation sites (tertiary alicyclic amines) is 1. The van der Waals surface area contributed by atoms with E-state index in [4.69, 9.17) is 15.1 Å². The summed E-state index contributed by atoms with van der Waals surface area (Å²) in [5.41, 5.74) is 3.49. The van der Waals surface area contributed by atoms with Crippen molar-refractivity contribution in [2.45, 2.75) is 44.8 Å². The van der Waals surface area contributed by atoms with Crippen molar-refractivity contribution in [2.24, 2.45) is 0 Å². The molecule has 4 aromatic rings. The van der Waals surface area contributed by atoms with E-state index in [2.05, 4.69) is 33.8 Å². The zero-order chi connectivity index (χ0) is 25.5. The predicted octanol–water partition coefficient (Wildman–Crippen LogP) is 4.36. The molecular weight excluding hydrogens is 489 g/mol. The van der Waals surface area contributed by atoms with E-state index in [1.165, 1.54) is 12.1 Å². The number of anilines is 3. The number of aromatic nitrogens is 4. The average Bonchev–Trinajstić information content (AvgIpc) is 3.67. The van der Waals surface area contributed by atoms with Gasteiger partial charge in [0.05, 0.1) is 17.5 Å². The van der Waals surface area contributed by atoms with Gasteiger partial charge in [-0.25, -0.2) is 14.4 Å². The largest absolute Gasteiger partial charge is 0.393 e. The Hall–Kier alpha value is -3.08. The van der Waals surface area contributed by atoms with Crippen LogP contribution < -0.4 is 9.80 Å². The van der Waals surface area contributed by atoms with Gasteiger partial charge in [0, 0.05) is 50.2 Å². The second-order valence-electron chi connectivity index (χ2n) is 9.93. The summed E-state index contributed by atoms with van der Waals surface area (Å²) in [4.78, 5) is 16.6. The van der Waals surface area contributed by atoms with Crippen molar-refractivity contribution in [3.8, 4) is 11.3 Å². The maximum Gasteiger partial charge on any atom is 0.191 e. The molecule has 5 heterocycles. The van der Waals surface area contributed by atoms with Crippen molar-refractivity contribution >= 4 is 33.8 Å². The van der Waals surface area contributed by atoms with Crippen LogP contribution in [0.2, 0.25) is 0 Å². The van der Waals surface area contributed by atoms with Crippen molar-refractivity contribution in [1.29, 1.82) is 0 Å². The van der Waals surface area contributed by atoms with Crippen LogP contribution in [0.25, 0.3) is 16.9 Å². The van der Waals surface area contributed by atoms with Gasteiger partial charge >= 0.3 is 0 Å². The first kappa shape index (κ1) is 24.3. The number of aryl methyl sites for hydroxylation is 1. The first-order valence-corrected chi connectivity index (χ1v) is 13.9. The number of thiazole rings is 1. The molecule has 0 spiro atoms. The number of piperidine rings is 1. The monoisotopic (exact) mass is 521 g/mol. The molecular formula is C27H32FN7OS. The first-order valence-electron chi connectivity index (χ1n) is 13.0. The highest BCUT2D eigenvalue weighted by Crippen LogP contribution is 2.34. The fourth-order valence-corrected chi connectivity index (χ4v) is 6.26. The minimum absolute atomic E-state index is 0.146. The van der Waals surface area contributed by atoms with Crippen molar-refractivity contribution in [1.82, 2.24) is 24.5 Å². The van der Waals surface area contributed by atoms with Crippen molar-refractivity contribution < 1.29 is 9.50 Å². The van der Waals surface area contributed by atoms with Gasteiger partial charge < -0.3 is 14.9 Å². The van der Waals surface area contributed by atoms with E-state index in [1.807, 2.05) is 16.9 Å². The molecule has 1 atom stereocenters. The van der Waals surface area contributed by atoms with Crippen molar-refractivity contribution in [3.63, 3.8) is 0 Å². The molecule has 0 saturated carbocycles. The summed E-state index contributed by atoms with van der Waals surface area (Å²) >= 11 is 1.55. The molecule has 3 aromatic heterocycles. The number of benzene rings is 1. The van der Waals surface area contributed by atoms with Gasteiger partial charge in [-0.3, -0.25) is 4.90 Å². The number of aliphatic hydroxyl groups excluding tert-OH is 1. The van der Waals surface area contributed by atoms with Crippen molar-refractivity contribution in [2.75, 3.05) is 43.0 Å². The zero-order valence-corrected chi connectivity index (χ0v) is 22.0. The Morgan fingerprint density at radius 2 is 1.84 bits per heavy atom. The fourth-order valence-electron chi connectivity index (χ4n) is 5.46. The molecule has 2 aliphatic heterocycles. The van der Waals surface area contributed by atoms with Gasteiger partial charge in [0.1, 0.15) is 11.6 Å². The van der Waals surface area contributed by atoms with Crippen LogP contribution in [0.4, 0.5) is 21.2 Å². The smallest absolute Gasteiger partial charge is 0.191 e. The summed E-state index contributed by atoms with van der Waals surface area (Å²) in [5.74, 6) is 1.61. The average molecular weight is 522 g/mol. The number of hydrogen-bond acceptors (Lipinski definition) is 8. The van der Waals surface area contributed by atoms with Crippen LogP contribution in [-0.4, -0.2) is 75.0 Å². The highest BCUT2D eigenvalue weighted by atomic mass is 32.1. The number of nitrogens with zero attached hydrogens (tertiary/aromatic N) is 7. The number of imidazole rings is 1. The minimum atomic E-state index is -0.254. The molecule has 2 aliphatic rings. The number of hydrogen-bond donors (Lipinski definition) is 1. The SMILES string of the molecule is CCc1nc2ccc(N3CCC(N4CCC(O)CC4)C3)nn2c1N(C)c1nc(-c2ccc(F)cc2)cs1. The van der Waals surface area contributed by atoms with Crippen LogP contribution in [0.5, 0.6) is 0 Å². The van der Waals surface area contributed by atoms with Crippen molar-refractivity contribution in [3.05, 3.63) is 53.3 Å². The molecule has 8 nitrogen and oxygen atoms in total. The van der Waals surface area contributed by atoms with Crippen LogP contribution in [-0.2, 0) is 6.42 Å². The lowest BCUT2D eigenvalue weighted by atomic mass is 10.1. The highest BCUT2D eigenvalue weighted by Gasteiger charge is 2.31. The van der Waals surface area contributed by atoms with E-state index in [-0.39, 0.29) is 11.9 Å². The van der Waals surface area contributed by atoms with E-state index < -0.39 is 0 Å². The molecule has 194 valence electrons. The molecule has 0 radical (unpaired) electrons. The Morgan fingerprint density at radius 1 is 1.05 bits per heavy atom. The molecule has 2 fully saturated rings. The third-order valence-electron chi connectivity index (χ3n) is 7.58. The molecule has 2 saturated heterocycles. The quantitative estimate of drug-likeness (QED) is 0.404. The van der Waals surface area contributed by atoms with Crippen LogP contribution in [0, 0.1) is 5.82 Å². The maximum atomic E-state index is 13.4. The predicted molar refractivity (Wildman–Crippen MR) is 145 cm³/mol. The summed E-state index contributed by atoms with van der Waals surface area (Å²) in [7, 11) is 2.00. The Balaban J connectivity index is 1.27. The molecule has 0 amide bonds. The first-order chi connectivity index (χ1) is 18.0. The van der Waals surface area contributed by atoms with E-state index in [1.54, 1.807) is 23.5 Å². The van der Waals surface area contributed by atoms with Crippen LogP contribution in [0.3, 0.4) is 0 Å². The topological polar surface area (TPSA) is 73.0 Å². The minimum Gasteiger partial charge on any atom is -0.393 e. The van der Waals surface area contributed by atoms with Gasteiger partial charge in [0.15, 0.2) is 16.6 Å². The van der Waals surface area contributed by atoms with E-state index in [9.17, 15) is 9.50 Å². The summed E-state index contributed by atoms with van der Waals surface area (Å²) in [6.45, 7) is 5.96. The number of aliphatic hydroxyl groups is 1. The lowest BCUT2D eigenvalue weighted by molar-refractivity contribution is 0.0653. The van der Waals surface area contributed by atoms with E-state index in [0.29, 0.717) is 6.04 Å². The Morgan fingerprint density at radius 3 is 2.59 bits per heavy atom.